The van der Waals surface area contributed by atoms with Gasteiger partial charge >= 0.3 is 0 Å². The van der Waals surface area contributed by atoms with E-state index in [4.69, 9.17) is 0 Å². The molecular formula is C21H17BrN4O2. The first-order chi connectivity index (χ1) is 13.6. The number of aromatic nitrogens is 1. The average Bonchev–Trinajstić information content (AvgIpc) is 2.75. The molecule has 0 aliphatic carbocycles. The zero-order chi connectivity index (χ0) is 19.8. The van der Waals surface area contributed by atoms with Crippen molar-refractivity contribution >= 4 is 33.5 Å². The molecule has 6 nitrogen and oxygen atoms in total. The summed E-state index contributed by atoms with van der Waals surface area (Å²) in [5.41, 5.74) is 4.83. The van der Waals surface area contributed by atoms with Gasteiger partial charge in [0.25, 0.3) is 11.8 Å². The summed E-state index contributed by atoms with van der Waals surface area (Å²) in [4.78, 5) is 28.6. The van der Waals surface area contributed by atoms with E-state index < -0.39 is 0 Å². The van der Waals surface area contributed by atoms with Gasteiger partial charge in [-0.2, -0.15) is 5.10 Å². The smallest absolute Gasteiger partial charge is 0.271 e. The van der Waals surface area contributed by atoms with Crippen molar-refractivity contribution in [3.8, 4) is 0 Å². The van der Waals surface area contributed by atoms with Crippen LogP contribution in [0.15, 0.2) is 88.7 Å². The molecular weight excluding hydrogens is 420 g/mol. The summed E-state index contributed by atoms with van der Waals surface area (Å²) in [7, 11) is 0. The van der Waals surface area contributed by atoms with Crippen molar-refractivity contribution in [2.24, 2.45) is 5.10 Å². The highest BCUT2D eigenvalue weighted by Gasteiger charge is 2.12. The molecule has 0 saturated heterocycles. The van der Waals surface area contributed by atoms with E-state index in [1.807, 2.05) is 36.4 Å². The predicted molar refractivity (Wildman–Crippen MR) is 111 cm³/mol. The molecule has 0 unspecified atom stereocenters. The summed E-state index contributed by atoms with van der Waals surface area (Å²) in [6, 6.07) is 19.7. The van der Waals surface area contributed by atoms with E-state index in [0.29, 0.717) is 21.3 Å². The Morgan fingerprint density at radius 3 is 2.25 bits per heavy atom. The maximum Gasteiger partial charge on any atom is 0.271 e. The molecule has 0 bridgehead atoms. The largest absolute Gasteiger partial charge is 0.346 e. The molecule has 140 valence electrons. The third-order valence-corrected chi connectivity index (χ3v) is 4.57. The molecule has 0 aliphatic heterocycles. The number of hydrazone groups is 1. The minimum atomic E-state index is -0.354. The van der Waals surface area contributed by atoms with Crippen LogP contribution in [0.2, 0.25) is 0 Å². The van der Waals surface area contributed by atoms with Crippen LogP contribution in [0.3, 0.4) is 0 Å². The quantitative estimate of drug-likeness (QED) is 0.458. The molecule has 2 N–H and O–H groups in total. The van der Waals surface area contributed by atoms with E-state index in [2.05, 4.69) is 36.8 Å². The Morgan fingerprint density at radius 2 is 1.54 bits per heavy atom. The Labute approximate surface area is 170 Å². The Hall–Kier alpha value is -3.32. The Balaban J connectivity index is 1.75. The number of halogens is 1. The van der Waals surface area contributed by atoms with Crippen molar-refractivity contribution in [1.29, 1.82) is 0 Å². The van der Waals surface area contributed by atoms with Gasteiger partial charge in [-0.15, -0.1) is 0 Å². The van der Waals surface area contributed by atoms with Gasteiger partial charge in [0.05, 0.1) is 17.8 Å². The van der Waals surface area contributed by atoms with Crippen LogP contribution in [0.5, 0.6) is 0 Å². The standard InChI is InChI=1S/C21H17BrN4O2/c22-18-9-5-4-8-17(18)21(28)24-14-19(15-6-2-1-3-7-15)25-26-20(27)16-10-12-23-13-11-16/h1-13H,14H2,(H,24,28)(H,26,27). The van der Waals surface area contributed by atoms with Crippen molar-refractivity contribution < 1.29 is 9.59 Å². The zero-order valence-corrected chi connectivity index (χ0v) is 16.4. The summed E-state index contributed by atoms with van der Waals surface area (Å²) >= 11 is 3.37. The molecule has 0 atom stereocenters. The van der Waals surface area contributed by atoms with Crippen LogP contribution in [0, 0.1) is 0 Å². The van der Waals surface area contributed by atoms with Gasteiger partial charge in [0, 0.05) is 22.4 Å². The molecule has 0 spiro atoms. The first-order valence-electron chi connectivity index (χ1n) is 8.50. The molecule has 3 rings (SSSR count). The Bertz CT molecular complexity index is 992. The molecule has 2 aromatic carbocycles. The second-order valence-electron chi connectivity index (χ2n) is 5.76. The van der Waals surface area contributed by atoms with E-state index in [-0.39, 0.29) is 18.4 Å². The third-order valence-electron chi connectivity index (χ3n) is 3.88. The number of carbonyl (C=O) groups excluding carboxylic acids is 2. The number of hydrogen-bond acceptors (Lipinski definition) is 4. The topological polar surface area (TPSA) is 83.5 Å². The van der Waals surface area contributed by atoms with Crippen LogP contribution in [-0.2, 0) is 0 Å². The molecule has 0 saturated carbocycles. The number of amides is 2. The van der Waals surface area contributed by atoms with Crippen molar-refractivity contribution in [2.75, 3.05) is 6.54 Å². The van der Waals surface area contributed by atoms with Gasteiger partial charge in [0.2, 0.25) is 0 Å². The van der Waals surface area contributed by atoms with Gasteiger partial charge < -0.3 is 5.32 Å². The van der Waals surface area contributed by atoms with Gasteiger partial charge in [-0.25, -0.2) is 5.43 Å². The summed E-state index contributed by atoms with van der Waals surface area (Å²) in [5, 5.41) is 7.07. The van der Waals surface area contributed by atoms with Crippen LogP contribution in [0.25, 0.3) is 0 Å². The fraction of sp³-hybridized carbons (Fsp3) is 0.0476. The number of pyridine rings is 1. The molecule has 1 aromatic heterocycles. The molecule has 1 heterocycles. The van der Waals surface area contributed by atoms with E-state index >= 15 is 0 Å². The zero-order valence-electron chi connectivity index (χ0n) is 14.8. The lowest BCUT2D eigenvalue weighted by atomic mass is 10.1. The van der Waals surface area contributed by atoms with Crippen LogP contribution in [0.4, 0.5) is 0 Å². The number of nitrogens with zero attached hydrogens (tertiary/aromatic N) is 2. The Morgan fingerprint density at radius 1 is 0.857 bits per heavy atom. The minimum absolute atomic E-state index is 0.154. The Kier molecular flexibility index (Phi) is 6.64. The van der Waals surface area contributed by atoms with Crippen LogP contribution >= 0.6 is 15.9 Å². The monoisotopic (exact) mass is 436 g/mol. The molecule has 7 heteroatoms. The second-order valence-corrected chi connectivity index (χ2v) is 6.62. The maximum absolute atomic E-state index is 12.5. The average molecular weight is 437 g/mol. The molecule has 3 aromatic rings. The van der Waals surface area contributed by atoms with Gasteiger partial charge in [0.1, 0.15) is 0 Å². The maximum atomic E-state index is 12.5. The molecule has 2 amide bonds. The molecule has 0 aliphatic rings. The van der Waals surface area contributed by atoms with Crippen molar-refractivity contribution in [3.05, 3.63) is 100 Å². The van der Waals surface area contributed by atoms with Gasteiger partial charge in [-0.3, -0.25) is 14.6 Å². The van der Waals surface area contributed by atoms with Crippen molar-refractivity contribution in [1.82, 2.24) is 15.7 Å². The highest BCUT2D eigenvalue weighted by molar-refractivity contribution is 9.10. The third kappa shape index (κ3) is 5.11. The van der Waals surface area contributed by atoms with E-state index in [1.54, 1.807) is 30.3 Å². The van der Waals surface area contributed by atoms with Crippen molar-refractivity contribution in [2.45, 2.75) is 0 Å². The summed E-state index contributed by atoms with van der Waals surface area (Å²) in [6.07, 6.45) is 3.07. The van der Waals surface area contributed by atoms with Gasteiger partial charge in [-0.1, -0.05) is 42.5 Å². The number of rotatable bonds is 6. The number of benzene rings is 2. The SMILES string of the molecule is O=C(NN=C(CNC(=O)c1ccccc1Br)c1ccccc1)c1ccncc1. The first kappa shape index (κ1) is 19.4. The number of hydrogen-bond donors (Lipinski definition) is 2. The van der Waals surface area contributed by atoms with E-state index in [0.717, 1.165) is 5.56 Å². The fourth-order valence-corrected chi connectivity index (χ4v) is 2.89. The van der Waals surface area contributed by atoms with Crippen LogP contribution < -0.4 is 10.7 Å². The van der Waals surface area contributed by atoms with Gasteiger partial charge in [0.15, 0.2) is 0 Å². The summed E-state index contributed by atoms with van der Waals surface area (Å²) in [6.45, 7) is 0.154. The first-order valence-corrected chi connectivity index (χ1v) is 9.29. The minimum Gasteiger partial charge on any atom is -0.346 e. The lowest BCUT2D eigenvalue weighted by Crippen LogP contribution is -2.32. The van der Waals surface area contributed by atoms with Gasteiger partial charge in [-0.05, 0) is 45.8 Å². The summed E-state index contributed by atoms with van der Waals surface area (Å²) in [5.74, 6) is -0.593. The lowest BCUT2D eigenvalue weighted by Gasteiger charge is -2.10. The number of carbonyl (C=O) groups is 2. The van der Waals surface area contributed by atoms with Crippen LogP contribution in [-0.4, -0.2) is 29.1 Å². The normalized spacial score (nSPS) is 11.0. The summed E-state index contributed by atoms with van der Waals surface area (Å²) < 4.78 is 0.705. The van der Waals surface area contributed by atoms with Crippen molar-refractivity contribution in [3.63, 3.8) is 0 Å². The highest BCUT2D eigenvalue weighted by Crippen LogP contribution is 2.15. The van der Waals surface area contributed by atoms with Crippen LogP contribution in [0.1, 0.15) is 26.3 Å². The lowest BCUT2D eigenvalue weighted by molar-refractivity contribution is 0.0951. The number of nitrogens with one attached hydrogen (secondary N) is 2. The predicted octanol–water partition coefficient (Wildman–Crippen LogP) is 3.41. The molecule has 0 radical (unpaired) electrons. The van der Waals surface area contributed by atoms with E-state index in [9.17, 15) is 9.59 Å². The second kappa shape index (κ2) is 9.57. The highest BCUT2D eigenvalue weighted by atomic mass is 79.9. The molecule has 28 heavy (non-hydrogen) atoms. The van der Waals surface area contributed by atoms with E-state index in [1.165, 1.54) is 12.4 Å². The molecule has 0 fully saturated rings. The fourth-order valence-electron chi connectivity index (χ4n) is 2.43.